The van der Waals surface area contributed by atoms with Crippen LogP contribution in [0.4, 0.5) is 4.79 Å². The minimum absolute atomic E-state index is 0.00606. The summed E-state index contributed by atoms with van der Waals surface area (Å²) in [5.74, 6) is -1.15. The van der Waals surface area contributed by atoms with Crippen LogP contribution in [0.1, 0.15) is 53.4 Å². The second kappa shape index (κ2) is 11.2. The van der Waals surface area contributed by atoms with Gasteiger partial charge in [0.25, 0.3) is 5.91 Å². The maximum absolute atomic E-state index is 13.8. The third kappa shape index (κ3) is 6.75. The minimum atomic E-state index is -4.42. The van der Waals surface area contributed by atoms with Crippen LogP contribution in [-0.4, -0.2) is 78.8 Å². The van der Waals surface area contributed by atoms with Gasteiger partial charge in [0.15, 0.2) is 0 Å². The molecule has 5 rings (SSSR count). The highest BCUT2D eigenvalue weighted by Crippen LogP contribution is 2.46. The number of carbonyl (C=O) groups is 3. The lowest BCUT2D eigenvalue weighted by Crippen LogP contribution is -2.56. The molecule has 44 heavy (non-hydrogen) atoms. The van der Waals surface area contributed by atoms with E-state index in [1.807, 2.05) is 22.9 Å². The summed E-state index contributed by atoms with van der Waals surface area (Å²) in [6, 6.07) is 6.16. The van der Waals surface area contributed by atoms with Gasteiger partial charge in [-0.3, -0.25) is 14.5 Å². The predicted molar refractivity (Wildman–Crippen MR) is 159 cm³/mol. The maximum atomic E-state index is 13.8. The Morgan fingerprint density at radius 2 is 1.91 bits per heavy atom. The summed E-state index contributed by atoms with van der Waals surface area (Å²) in [7, 11) is -2.85. The molecule has 1 aromatic heterocycles. The lowest BCUT2D eigenvalue weighted by molar-refractivity contribution is -0.131. The zero-order chi connectivity index (χ0) is 32.1. The number of benzene rings is 1. The first kappa shape index (κ1) is 31.5. The molecule has 0 spiro atoms. The van der Waals surface area contributed by atoms with Gasteiger partial charge in [0.2, 0.25) is 11.8 Å². The number of fused-ring (bicyclic) bond motifs is 1. The van der Waals surface area contributed by atoms with E-state index >= 15 is 0 Å². The molecule has 13 nitrogen and oxygen atoms in total. The van der Waals surface area contributed by atoms with Gasteiger partial charge in [-0.2, -0.15) is 8.42 Å². The molecule has 14 heteroatoms. The molecular weight excluding hydrogens is 592 g/mol. The molecule has 4 atom stereocenters. The Kier molecular flexibility index (Phi) is 8.04. The molecular formula is C30H38N4O9S. The zero-order valence-electron chi connectivity index (χ0n) is 25.4. The van der Waals surface area contributed by atoms with Crippen LogP contribution in [0, 0.1) is 5.92 Å². The lowest BCUT2D eigenvalue weighted by Gasteiger charge is -2.29. The van der Waals surface area contributed by atoms with Crippen molar-refractivity contribution in [1.29, 1.82) is 0 Å². The van der Waals surface area contributed by atoms with Gasteiger partial charge < -0.3 is 19.5 Å². The van der Waals surface area contributed by atoms with Gasteiger partial charge in [-0.05, 0) is 76.6 Å². The fraction of sp³-hybridized carbons (Fsp3) is 0.533. The van der Waals surface area contributed by atoms with Gasteiger partial charge in [-0.15, -0.1) is 6.58 Å². The fourth-order valence-corrected chi connectivity index (χ4v) is 6.39. The van der Waals surface area contributed by atoms with Crippen LogP contribution in [0.3, 0.4) is 0 Å². The second-order valence-electron chi connectivity index (χ2n) is 12.8. The number of hydrogen-bond acceptors (Lipinski definition) is 10. The smallest absolute Gasteiger partial charge is 0.411 e. The Labute approximate surface area is 256 Å². The number of rotatable bonds is 10. The number of nitrogens with zero attached hydrogens (tertiary/aromatic N) is 2. The quantitative estimate of drug-likeness (QED) is 0.373. The summed E-state index contributed by atoms with van der Waals surface area (Å²) in [5.41, 5.74) is -3.26. The Balaban J connectivity index is 1.36. The average molecular weight is 631 g/mol. The highest BCUT2D eigenvalue weighted by atomic mass is 32.2. The molecule has 1 aliphatic heterocycles. The Morgan fingerprint density at radius 3 is 2.52 bits per heavy atom. The largest absolute Gasteiger partial charge is 0.497 e. The topological polar surface area (TPSA) is 162 Å². The van der Waals surface area contributed by atoms with Crippen molar-refractivity contribution in [3.63, 3.8) is 0 Å². The van der Waals surface area contributed by atoms with Gasteiger partial charge in [0.1, 0.15) is 29.0 Å². The second-order valence-corrected chi connectivity index (χ2v) is 14.0. The molecule has 1 aromatic carbocycles. The molecule has 3 fully saturated rings. The van der Waals surface area contributed by atoms with Crippen LogP contribution in [-0.2, 0) is 28.8 Å². The Bertz CT molecular complexity index is 1600. The fourth-order valence-electron chi connectivity index (χ4n) is 5.25. The van der Waals surface area contributed by atoms with Gasteiger partial charge in [0.05, 0.1) is 19.3 Å². The summed E-state index contributed by atoms with van der Waals surface area (Å²) >= 11 is 0. The Morgan fingerprint density at radius 1 is 1.18 bits per heavy atom. The molecule has 3 aliphatic rings. The van der Waals surface area contributed by atoms with Crippen molar-refractivity contribution in [3.8, 4) is 11.6 Å². The first-order valence-corrected chi connectivity index (χ1v) is 15.8. The zero-order valence-corrected chi connectivity index (χ0v) is 26.2. The van der Waals surface area contributed by atoms with E-state index in [0.29, 0.717) is 24.5 Å². The highest BCUT2D eigenvalue weighted by Gasteiger charge is 2.62. The van der Waals surface area contributed by atoms with E-state index in [0.717, 1.165) is 10.8 Å². The normalized spacial score (nSPS) is 25.6. The van der Waals surface area contributed by atoms with Gasteiger partial charge in [0, 0.05) is 23.9 Å². The average Bonchev–Trinajstić information content (AvgIpc) is 3.79. The molecule has 2 saturated carbocycles. The van der Waals surface area contributed by atoms with Crippen molar-refractivity contribution in [3.05, 3.63) is 43.1 Å². The molecule has 3 amide bonds. The molecule has 2 heterocycles. The van der Waals surface area contributed by atoms with Crippen LogP contribution < -0.4 is 19.5 Å². The number of hydrogen-bond donors (Lipinski definition) is 2. The van der Waals surface area contributed by atoms with Crippen LogP contribution in [0.5, 0.6) is 11.6 Å². The first-order valence-electron chi connectivity index (χ1n) is 14.4. The number of aromatic nitrogens is 1. The molecule has 2 N–H and O–H groups in total. The Hall–Kier alpha value is -3.91. The molecule has 0 bridgehead atoms. The van der Waals surface area contributed by atoms with Crippen molar-refractivity contribution < 1.29 is 41.2 Å². The van der Waals surface area contributed by atoms with Crippen LogP contribution in [0.25, 0.3) is 10.8 Å². The van der Waals surface area contributed by atoms with E-state index in [2.05, 4.69) is 16.9 Å². The number of likely N-dealkylation sites (tertiary alicyclic amines) is 1. The van der Waals surface area contributed by atoms with Gasteiger partial charge >= 0.3 is 16.4 Å². The minimum Gasteiger partial charge on any atom is -0.497 e. The first-order chi connectivity index (χ1) is 20.6. The van der Waals surface area contributed by atoms with Crippen molar-refractivity contribution in [1.82, 2.24) is 19.9 Å². The van der Waals surface area contributed by atoms with E-state index in [9.17, 15) is 22.8 Å². The number of pyridine rings is 1. The van der Waals surface area contributed by atoms with E-state index in [-0.39, 0.29) is 19.4 Å². The third-order valence-corrected chi connectivity index (χ3v) is 9.00. The summed E-state index contributed by atoms with van der Waals surface area (Å²) < 4.78 is 49.3. The van der Waals surface area contributed by atoms with Crippen LogP contribution in [0.15, 0.2) is 43.1 Å². The standard InChI is InChI=1S/C30H38N4O9S/c1-7-19-16-30(19,26(36)33-44(38,39)43-29(5)11-12-29)32-24(35)23-15-21(17-34(23)27(37)42-28(2,3)4)41-25-22-9-8-20(40-6)14-18(22)10-13-31-25/h7-10,13-14,19,21,23H,1,11-12,15-17H2,2-6H3,(H,32,35)(H,33,36). The molecule has 2 aliphatic carbocycles. The molecule has 1 saturated heterocycles. The monoisotopic (exact) mass is 630 g/mol. The van der Waals surface area contributed by atoms with Gasteiger partial charge in [-0.25, -0.2) is 18.7 Å². The maximum Gasteiger partial charge on any atom is 0.411 e. The van der Waals surface area contributed by atoms with Gasteiger partial charge in [-0.1, -0.05) is 6.08 Å². The predicted octanol–water partition coefficient (Wildman–Crippen LogP) is 2.99. The number of amides is 3. The van der Waals surface area contributed by atoms with E-state index < -0.39 is 63.0 Å². The van der Waals surface area contributed by atoms with Crippen molar-refractivity contribution >= 4 is 39.0 Å². The van der Waals surface area contributed by atoms with Crippen molar-refractivity contribution in [2.45, 2.75) is 82.3 Å². The number of nitrogens with one attached hydrogen (secondary N) is 2. The summed E-state index contributed by atoms with van der Waals surface area (Å²) in [6.07, 6.45) is 2.98. The van der Waals surface area contributed by atoms with E-state index in [1.165, 1.54) is 11.0 Å². The third-order valence-electron chi connectivity index (χ3n) is 7.94. The molecule has 0 radical (unpaired) electrons. The molecule has 238 valence electrons. The van der Waals surface area contributed by atoms with Crippen molar-refractivity contribution in [2.75, 3.05) is 13.7 Å². The highest BCUT2D eigenvalue weighted by molar-refractivity contribution is 7.85. The van der Waals surface area contributed by atoms with E-state index in [4.69, 9.17) is 18.4 Å². The van der Waals surface area contributed by atoms with E-state index in [1.54, 1.807) is 47.1 Å². The number of carbonyl (C=O) groups excluding carboxylic acids is 3. The van der Waals surface area contributed by atoms with Crippen molar-refractivity contribution in [2.24, 2.45) is 5.92 Å². The van der Waals surface area contributed by atoms with Crippen LogP contribution >= 0.6 is 0 Å². The number of methoxy groups -OCH3 is 1. The van der Waals surface area contributed by atoms with Crippen LogP contribution in [0.2, 0.25) is 0 Å². The summed E-state index contributed by atoms with van der Waals surface area (Å²) in [6.45, 7) is 10.5. The lowest BCUT2D eigenvalue weighted by atomic mass is 10.1. The number of ether oxygens (including phenoxy) is 3. The molecule has 2 aromatic rings. The molecule has 4 unspecified atom stereocenters. The SMILES string of the molecule is C=CC1CC1(NC(=O)C1CC(Oc2nccc3cc(OC)ccc23)CN1C(=O)OC(C)(C)C)C(=O)NS(=O)(=O)OC1(C)CC1. The summed E-state index contributed by atoms with van der Waals surface area (Å²) in [5, 5.41) is 4.26. The summed E-state index contributed by atoms with van der Waals surface area (Å²) in [4.78, 5) is 46.0.